The summed E-state index contributed by atoms with van der Waals surface area (Å²) in [5.74, 6) is 1.70. The molecule has 1 aliphatic carbocycles. The number of hydrogen-bond donors (Lipinski definition) is 2. The van der Waals surface area contributed by atoms with Gasteiger partial charge in [0.15, 0.2) is 5.13 Å². The van der Waals surface area contributed by atoms with Crippen molar-refractivity contribution in [3.63, 3.8) is 0 Å². The van der Waals surface area contributed by atoms with Crippen LogP contribution in [0.5, 0.6) is 5.75 Å². The number of thiazole rings is 1. The molecule has 0 spiro atoms. The molecule has 6 heteroatoms. The zero-order valence-corrected chi connectivity index (χ0v) is 17.9. The molecular formula is C22H28N4OS. The Morgan fingerprint density at radius 3 is 2.93 bits per heavy atom. The number of nitrogens with one attached hydrogen (secondary N) is 2. The fraction of sp³-hybridized carbons (Fsp3) is 0.455. The summed E-state index contributed by atoms with van der Waals surface area (Å²) in [6.45, 7) is 7.21. The summed E-state index contributed by atoms with van der Waals surface area (Å²) in [5.41, 5.74) is 7.12. The number of methoxy groups -OCH3 is 1. The number of aromatic nitrogens is 3. The zero-order chi connectivity index (χ0) is 19.7. The van der Waals surface area contributed by atoms with Crippen LogP contribution in [0.15, 0.2) is 18.2 Å². The van der Waals surface area contributed by atoms with E-state index in [2.05, 4.69) is 47.6 Å². The third-order valence-corrected chi connectivity index (χ3v) is 6.70. The third-order valence-electron chi connectivity index (χ3n) is 5.62. The molecule has 5 nitrogen and oxygen atoms in total. The molecule has 0 amide bonds. The van der Waals surface area contributed by atoms with Gasteiger partial charge in [0.05, 0.1) is 18.5 Å². The highest BCUT2D eigenvalue weighted by Gasteiger charge is 2.19. The number of hydrogen-bond acceptors (Lipinski definition) is 5. The smallest absolute Gasteiger partial charge is 0.183 e. The Balaban J connectivity index is 1.49. The van der Waals surface area contributed by atoms with E-state index in [0.29, 0.717) is 0 Å². The van der Waals surface area contributed by atoms with Crippen molar-refractivity contribution in [3.05, 3.63) is 56.8 Å². The first kappa shape index (κ1) is 19.0. The lowest BCUT2D eigenvalue weighted by atomic mass is 9.93. The Morgan fingerprint density at radius 2 is 2.18 bits per heavy atom. The lowest BCUT2D eigenvalue weighted by Crippen LogP contribution is -2.09. The molecule has 148 valence electrons. The molecule has 1 aliphatic rings. The number of H-pyrrole nitrogens is 1. The topological polar surface area (TPSA) is 62.8 Å². The number of rotatable bonds is 6. The van der Waals surface area contributed by atoms with E-state index in [1.54, 1.807) is 7.11 Å². The van der Waals surface area contributed by atoms with Crippen LogP contribution >= 0.6 is 11.3 Å². The minimum absolute atomic E-state index is 0.766. The van der Waals surface area contributed by atoms with Gasteiger partial charge in [0.1, 0.15) is 5.75 Å². The van der Waals surface area contributed by atoms with Crippen LogP contribution in [0, 0.1) is 19.8 Å². The minimum Gasteiger partial charge on any atom is -0.496 e. The Hall–Kier alpha value is -2.34. The van der Waals surface area contributed by atoms with Crippen LogP contribution in [0.1, 0.15) is 52.0 Å². The Kier molecular flexibility index (Phi) is 5.40. The van der Waals surface area contributed by atoms with Crippen molar-refractivity contribution < 1.29 is 4.74 Å². The van der Waals surface area contributed by atoms with Gasteiger partial charge >= 0.3 is 0 Å². The molecule has 0 aliphatic heterocycles. The van der Waals surface area contributed by atoms with Gasteiger partial charge in [-0.15, -0.1) is 11.3 Å². The van der Waals surface area contributed by atoms with Gasteiger partial charge in [-0.1, -0.05) is 13.0 Å². The predicted octanol–water partition coefficient (Wildman–Crippen LogP) is 4.82. The quantitative estimate of drug-likeness (QED) is 0.627. The number of anilines is 1. The van der Waals surface area contributed by atoms with Crippen molar-refractivity contribution in [2.75, 3.05) is 12.4 Å². The van der Waals surface area contributed by atoms with Gasteiger partial charge in [0.25, 0.3) is 0 Å². The molecule has 4 rings (SSSR count). The summed E-state index contributed by atoms with van der Waals surface area (Å²) in [6.07, 6.45) is 4.36. The second-order valence-electron chi connectivity index (χ2n) is 7.83. The molecule has 0 saturated heterocycles. The van der Waals surface area contributed by atoms with E-state index in [4.69, 9.17) is 9.72 Å². The monoisotopic (exact) mass is 396 g/mol. The number of aryl methyl sites for hydroxylation is 3. The molecule has 2 heterocycles. The van der Waals surface area contributed by atoms with Crippen molar-refractivity contribution >= 4 is 16.5 Å². The average molecular weight is 397 g/mol. The first-order chi connectivity index (χ1) is 13.5. The van der Waals surface area contributed by atoms with E-state index >= 15 is 0 Å². The second-order valence-corrected chi connectivity index (χ2v) is 8.91. The molecule has 0 saturated carbocycles. The van der Waals surface area contributed by atoms with Gasteiger partial charge < -0.3 is 10.1 Å². The summed E-state index contributed by atoms with van der Waals surface area (Å²) >= 11 is 1.82. The third kappa shape index (κ3) is 3.92. The summed E-state index contributed by atoms with van der Waals surface area (Å²) < 4.78 is 5.60. The fourth-order valence-corrected chi connectivity index (χ4v) is 5.07. The van der Waals surface area contributed by atoms with Crippen molar-refractivity contribution in [2.45, 2.75) is 53.0 Å². The Labute approximate surface area is 170 Å². The normalized spacial score (nSPS) is 16.1. The number of aromatic amines is 1. The highest BCUT2D eigenvalue weighted by molar-refractivity contribution is 7.15. The molecule has 0 radical (unpaired) electrons. The van der Waals surface area contributed by atoms with E-state index in [1.165, 1.54) is 40.1 Å². The van der Waals surface area contributed by atoms with Crippen LogP contribution in [0.4, 0.5) is 5.13 Å². The predicted molar refractivity (Wildman–Crippen MR) is 114 cm³/mol. The summed E-state index contributed by atoms with van der Waals surface area (Å²) in [4.78, 5) is 6.27. The minimum atomic E-state index is 0.766. The molecule has 0 bridgehead atoms. The van der Waals surface area contributed by atoms with Crippen LogP contribution in [0.2, 0.25) is 0 Å². The van der Waals surface area contributed by atoms with E-state index in [1.807, 2.05) is 18.3 Å². The van der Waals surface area contributed by atoms with Gasteiger partial charge in [-0.25, -0.2) is 4.98 Å². The molecular weight excluding hydrogens is 368 g/mol. The lowest BCUT2D eigenvalue weighted by Gasteiger charge is -2.15. The van der Waals surface area contributed by atoms with Crippen molar-refractivity contribution in [3.8, 4) is 5.75 Å². The SMILES string of the molecule is COc1ccc(CNc2nc3c(s2)CC(C)CC3)cc1Cc1c(C)n[nH]c1C. The summed E-state index contributed by atoms with van der Waals surface area (Å²) in [6, 6.07) is 6.42. The van der Waals surface area contributed by atoms with Gasteiger partial charge in [-0.3, -0.25) is 5.10 Å². The molecule has 3 aromatic rings. The largest absolute Gasteiger partial charge is 0.496 e. The van der Waals surface area contributed by atoms with Gasteiger partial charge in [-0.2, -0.15) is 5.10 Å². The van der Waals surface area contributed by atoms with Crippen LogP contribution < -0.4 is 10.1 Å². The fourth-order valence-electron chi connectivity index (χ4n) is 3.90. The van der Waals surface area contributed by atoms with Crippen LogP contribution in [0.3, 0.4) is 0 Å². The molecule has 0 fully saturated rings. The molecule has 28 heavy (non-hydrogen) atoms. The van der Waals surface area contributed by atoms with Crippen molar-refractivity contribution in [1.82, 2.24) is 15.2 Å². The van der Waals surface area contributed by atoms with E-state index in [0.717, 1.165) is 47.6 Å². The molecule has 2 N–H and O–H groups in total. The highest BCUT2D eigenvalue weighted by Crippen LogP contribution is 2.32. The number of ether oxygens (including phenoxy) is 1. The molecule has 1 aromatic carbocycles. The van der Waals surface area contributed by atoms with Crippen molar-refractivity contribution in [1.29, 1.82) is 0 Å². The number of benzene rings is 1. The zero-order valence-electron chi connectivity index (χ0n) is 17.1. The van der Waals surface area contributed by atoms with Gasteiger partial charge in [-0.05, 0) is 62.3 Å². The Bertz CT molecular complexity index is 956. The standard InChI is InChI=1S/C22H28N4OS/c1-13-5-7-19-21(9-13)28-22(24-19)23-12-16-6-8-20(27-4)17(10-16)11-18-14(2)25-26-15(18)3/h6,8,10,13H,5,7,9,11-12H2,1-4H3,(H,23,24)(H,25,26). The Morgan fingerprint density at radius 1 is 1.32 bits per heavy atom. The highest BCUT2D eigenvalue weighted by atomic mass is 32.1. The maximum atomic E-state index is 5.60. The number of fused-ring (bicyclic) bond motifs is 1. The summed E-state index contributed by atoms with van der Waals surface area (Å²) in [5, 5.41) is 12.0. The van der Waals surface area contributed by atoms with E-state index in [-0.39, 0.29) is 0 Å². The first-order valence-corrected chi connectivity index (χ1v) is 10.7. The molecule has 1 atom stereocenters. The van der Waals surface area contributed by atoms with Crippen molar-refractivity contribution in [2.24, 2.45) is 5.92 Å². The first-order valence-electron chi connectivity index (χ1n) is 9.92. The number of nitrogens with zero attached hydrogens (tertiary/aromatic N) is 2. The average Bonchev–Trinajstić information content (AvgIpc) is 3.23. The summed E-state index contributed by atoms with van der Waals surface area (Å²) in [7, 11) is 1.73. The molecule has 2 aromatic heterocycles. The maximum absolute atomic E-state index is 5.60. The van der Waals surface area contributed by atoms with Gasteiger partial charge in [0, 0.05) is 29.1 Å². The maximum Gasteiger partial charge on any atom is 0.183 e. The van der Waals surface area contributed by atoms with E-state index in [9.17, 15) is 0 Å². The van der Waals surface area contributed by atoms with Crippen LogP contribution in [-0.2, 0) is 25.8 Å². The van der Waals surface area contributed by atoms with E-state index < -0.39 is 0 Å². The van der Waals surface area contributed by atoms with Crippen LogP contribution in [0.25, 0.3) is 0 Å². The second kappa shape index (κ2) is 7.95. The lowest BCUT2D eigenvalue weighted by molar-refractivity contribution is 0.410. The van der Waals surface area contributed by atoms with Gasteiger partial charge in [0.2, 0.25) is 0 Å². The van der Waals surface area contributed by atoms with Crippen LogP contribution in [-0.4, -0.2) is 22.3 Å². The molecule has 1 unspecified atom stereocenters.